The number of allylic oxidation sites excluding steroid dienone is 1. The largest absolute Gasteiger partial charge is 0.500 e. The molecule has 40 valence electrons. The average Bonchev–Trinajstić information content (AvgIpc) is 1.69. The van der Waals surface area contributed by atoms with Crippen molar-refractivity contribution in [1.29, 1.82) is 0 Å². The number of thiol groups is 1. The lowest BCUT2D eigenvalue weighted by Crippen LogP contribution is -2.08. The van der Waals surface area contributed by atoms with E-state index in [-0.39, 0.29) is 0 Å². The normalized spacial score (nSPS) is 29.6. The molecule has 0 fully saturated rings. The predicted molar refractivity (Wildman–Crippen MR) is 32.5 cm³/mol. The zero-order valence-corrected chi connectivity index (χ0v) is 4.90. The maximum absolute atomic E-state index is 4.92. The van der Waals surface area contributed by atoms with E-state index in [1.165, 1.54) is 0 Å². The second kappa shape index (κ2) is 2.26. The fraction of sp³-hybridized carbons (Fsp3) is 0.600. The Balaban J connectivity index is 2.32. The minimum Gasteiger partial charge on any atom is -0.500 e. The molecule has 1 heterocycles. The van der Waals surface area contributed by atoms with Crippen LogP contribution in [0.1, 0.15) is 6.42 Å². The topological polar surface area (TPSA) is 9.23 Å². The lowest BCUT2D eigenvalue weighted by Gasteiger charge is -2.10. The lowest BCUT2D eigenvalue weighted by molar-refractivity contribution is 0.236. The molecule has 0 aromatic heterocycles. The van der Waals surface area contributed by atoms with Gasteiger partial charge in [0.05, 0.1) is 12.9 Å². The Morgan fingerprint density at radius 2 is 2.57 bits per heavy atom. The van der Waals surface area contributed by atoms with E-state index in [0.717, 1.165) is 13.0 Å². The molecular weight excluding hydrogens is 108 g/mol. The maximum atomic E-state index is 4.92. The van der Waals surface area contributed by atoms with Gasteiger partial charge in [0.25, 0.3) is 0 Å². The van der Waals surface area contributed by atoms with Gasteiger partial charge in [-0.3, -0.25) is 0 Å². The summed E-state index contributed by atoms with van der Waals surface area (Å²) in [5, 5.41) is 0.421. The van der Waals surface area contributed by atoms with Gasteiger partial charge in [-0.15, -0.1) is 0 Å². The fourth-order valence-electron chi connectivity index (χ4n) is 0.515. The van der Waals surface area contributed by atoms with E-state index >= 15 is 0 Å². The smallest absolute Gasteiger partial charge is 0.0992 e. The molecule has 0 aliphatic carbocycles. The highest BCUT2D eigenvalue weighted by Gasteiger charge is 2.02. The summed E-state index contributed by atoms with van der Waals surface area (Å²) in [6.45, 7) is 0.764. The second-order valence-corrected chi connectivity index (χ2v) is 2.32. The van der Waals surface area contributed by atoms with Gasteiger partial charge in [-0.1, -0.05) is 0 Å². The lowest BCUT2D eigenvalue weighted by atomic mass is 10.3. The third kappa shape index (κ3) is 1.43. The maximum Gasteiger partial charge on any atom is 0.0992 e. The van der Waals surface area contributed by atoms with Crippen LogP contribution in [0, 0.1) is 0 Å². The van der Waals surface area contributed by atoms with Gasteiger partial charge in [0.2, 0.25) is 0 Å². The third-order valence-corrected chi connectivity index (χ3v) is 1.25. The molecule has 0 spiro atoms. The van der Waals surface area contributed by atoms with Crippen molar-refractivity contribution < 1.29 is 4.74 Å². The van der Waals surface area contributed by atoms with Gasteiger partial charge in [-0.25, -0.2) is 0 Å². The third-order valence-electron chi connectivity index (χ3n) is 0.889. The zero-order valence-electron chi connectivity index (χ0n) is 4.00. The van der Waals surface area contributed by atoms with E-state index < -0.39 is 0 Å². The van der Waals surface area contributed by atoms with Crippen molar-refractivity contribution in [3.8, 4) is 0 Å². The minimum absolute atomic E-state index is 0.421. The van der Waals surface area contributed by atoms with Crippen LogP contribution in [0.3, 0.4) is 0 Å². The molecule has 0 radical (unpaired) electrons. The van der Waals surface area contributed by atoms with Crippen LogP contribution >= 0.6 is 12.6 Å². The molecule has 1 nitrogen and oxygen atoms in total. The summed E-state index contributed by atoms with van der Waals surface area (Å²) in [5.74, 6) is 0. The van der Waals surface area contributed by atoms with Gasteiger partial charge in [0.15, 0.2) is 0 Å². The summed E-state index contributed by atoms with van der Waals surface area (Å²) in [5.41, 5.74) is 0. The number of rotatable bonds is 0. The number of hydrogen-bond acceptors (Lipinski definition) is 2. The first-order valence-corrected chi connectivity index (χ1v) is 2.86. The van der Waals surface area contributed by atoms with Crippen molar-refractivity contribution in [2.24, 2.45) is 0 Å². The molecule has 0 saturated carbocycles. The van der Waals surface area contributed by atoms with Gasteiger partial charge in [0, 0.05) is 5.25 Å². The standard InChI is InChI=1S/C5H8OS/c7-5-2-1-3-6-4-5/h1,3,5,7H,2,4H2. The molecule has 1 unspecified atom stereocenters. The zero-order chi connectivity index (χ0) is 5.11. The molecule has 1 aliphatic rings. The van der Waals surface area contributed by atoms with Gasteiger partial charge < -0.3 is 4.74 Å². The Kier molecular flexibility index (Phi) is 1.63. The second-order valence-electron chi connectivity index (χ2n) is 1.59. The fourth-order valence-corrected chi connectivity index (χ4v) is 0.723. The van der Waals surface area contributed by atoms with Crippen LogP contribution in [0.4, 0.5) is 0 Å². The molecule has 0 aromatic carbocycles. The first-order chi connectivity index (χ1) is 3.39. The van der Waals surface area contributed by atoms with Crippen molar-refractivity contribution in [3.63, 3.8) is 0 Å². The van der Waals surface area contributed by atoms with Crippen molar-refractivity contribution in [3.05, 3.63) is 12.3 Å². The van der Waals surface area contributed by atoms with E-state index in [1.54, 1.807) is 6.26 Å². The highest BCUT2D eigenvalue weighted by molar-refractivity contribution is 7.81. The van der Waals surface area contributed by atoms with Crippen LogP contribution in [-0.2, 0) is 4.74 Å². The van der Waals surface area contributed by atoms with Crippen molar-refractivity contribution in [2.45, 2.75) is 11.7 Å². The van der Waals surface area contributed by atoms with Gasteiger partial charge in [-0.2, -0.15) is 12.6 Å². The summed E-state index contributed by atoms with van der Waals surface area (Å²) in [6, 6.07) is 0. The quantitative estimate of drug-likeness (QED) is 0.468. The number of ether oxygens (including phenoxy) is 1. The molecule has 0 aromatic rings. The van der Waals surface area contributed by atoms with Crippen molar-refractivity contribution in [1.82, 2.24) is 0 Å². The van der Waals surface area contributed by atoms with Crippen molar-refractivity contribution in [2.75, 3.05) is 6.61 Å². The molecule has 7 heavy (non-hydrogen) atoms. The van der Waals surface area contributed by atoms with Crippen molar-refractivity contribution >= 4 is 12.6 Å². The van der Waals surface area contributed by atoms with E-state index in [0.29, 0.717) is 5.25 Å². The van der Waals surface area contributed by atoms with Crippen LogP contribution in [0.15, 0.2) is 12.3 Å². The molecule has 2 heteroatoms. The van der Waals surface area contributed by atoms with Gasteiger partial charge in [-0.05, 0) is 12.5 Å². The average molecular weight is 116 g/mol. The summed E-state index contributed by atoms with van der Waals surface area (Å²) in [7, 11) is 0. The summed E-state index contributed by atoms with van der Waals surface area (Å²) in [4.78, 5) is 0. The van der Waals surface area contributed by atoms with E-state index in [4.69, 9.17) is 4.74 Å². The molecule has 1 aliphatic heterocycles. The molecule has 1 rings (SSSR count). The minimum atomic E-state index is 0.421. The Bertz CT molecular complexity index is 80.1. The SMILES string of the molecule is SC1CC=COC1. The van der Waals surface area contributed by atoms with E-state index in [9.17, 15) is 0 Å². The van der Waals surface area contributed by atoms with Crippen LogP contribution in [0.25, 0.3) is 0 Å². The summed E-state index contributed by atoms with van der Waals surface area (Å²) in [6.07, 6.45) is 4.76. The van der Waals surface area contributed by atoms with Gasteiger partial charge >= 0.3 is 0 Å². The molecule has 0 saturated heterocycles. The molecular formula is C5H8OS. The van der Waals surface area contributed by atoms with Crippen LogP contribution in [0.2, 0.25) is 0 Å². The highest BCUT2D eigenvalue weighted by atomic mass is 32.1. The Morgan fingerprint density at radius 3 is 2.86 bits per heavy atom. The first kappa shape index (κ1) is 5.04. The molecule has 0 amide bonds. The van der Waals surface area contributed by atoms with E-state index in [1.807, 2.05) is 6.08 Å². The van der Waals surface area contributed by atoms with E-state index in [2.05, 4.69) is 12.6 Å². The predicted octanol–water partition coefficient (Wildman–Crippen LogP) is 1.22. The van der Waals surface area contributed by atoms with Crippen LogP contribution in [-0.4, -0.2) is 11.9 Å². The monoisotopic (exact) mass is 116 g/mol. The Labute approximate surface area is 48.8 Å². The first-order valence-electron chi connectivity index (χ1n) is 2.34. The molecule has 1 atom stereocenters. The Morgan fingerprint density at radius 1 is 1.71 bits per heavy atom. The van der Waals surface area contributed by atoms with Crippen LogP contribution in [0.5, 0.6) is 0 Å². The summed E-state index contributed by atoms with van der Waals surface area (Å²) < 4.78 is 4.92. The van der Waals surface area contributed by atoms with Crippen LogP contribution < -0.4 is 0 Å². The Hall–Kier alpha value is -0.110. The van der Waals surface area contributed by atoms with Gasteiger partial charge in [0.1, 0.15) is 0 Å². The molecule has 0 bridgehead atoms. The highest BCUT2D eigenvalue weighted by Crippen LogP contribution is 2.07. The molecule has 0 N–H and O–H groups in total. The number of hydrogen-bond donors (Lipinski definition) is 1. The summed E-state index contributed by atoms with van der Waals surface area (Å²) >= 11 is 4.19.